The molecular weight excluding hydrogens is 296 g/mol. The molecule has 2 aromatic rings. The summed E-state index contributed by atoms with van der Waals surface area (Å²) in [5, 5.41) is 2.01. The molecule has 0 bridgehead atoms. The first kappa shape index (κ1) is 14.8. The number of thiophene rings is 1. The van der Waals surface area contributed by atoms with Crippen LogP contribution in [0, 0.1) is 0 Å². The van der Waals surface area contributed by atoms with Crippen molar-refractivity contribution in [3.05, 3.63) is 40.6 Å². The van der Waals surface area contributed by atoms with Crippen LogP contribution in [0.3, 0.4) is 0 Å². The van der Waals surface area contributed by atoms with E-state index in [0.29, 0.717) is 18.0 Å². The SMILES string of the molecule is CNS(=O)(=O)c1ccc(OCCc2cccs2)c(N)c1. The van der Waals surface area contributed by atoms with Crippen molar-refractivity contribution >= 4 is 27.0 Å². The van der Waals surface area contributed by atoms with Crippen LogP contribution in [0.5, 0.6) is 5.75 Å². The van der Waals surface area contributed by atoms with E-state index in [1.165, 1.54) is 24.1 Å². The minimum atomic E-state index is -3.48. The molecule has 0 aliphatic rings. The van der Waals surface area contributed by atoms with E-state index in [1.54, 1.807) is 17.4 Å². The third-order valence-electron chi connectivity index (χ3n) is 2.75. The molecule has 1 aromatic carbocycles. The van der Waals surface area contributed by atoms with Crippen molar-refractivity contribution < 1.29 is 13.2 Å². The van der Waals surface area contributed by atoms with Gasteiger partial charge in [0.15, 0.2) is 0 Å². The second-order valence-electron chi connectivity index (χ2n) is 4.09. The average Bonchev–Trinajstić information content (AvgIpc) is 2.93. The molecule has 2 rings (SSSR count). The highest BCUT2D eigenvalue weighted by molar-refractivity contribution is 7.89. The first-order valence-electron chi connectivity index (χ1n) is 6.01. The molecule has 0 unspecified atom stereocenters. The van der Waals surface area contributed by atoms with E-state index in [1.807, 2.05) is 17.5 Å². The molecule has 1 aromatic heterocycles. The van der Waals surface area contributed by atoms with Gasteiger partial charge in [0.05, 0.1) is 17.2 Å². The van der Waals surface area contributed by atoms with Crippen LogP contribution in [0.4, 0.5) is 5.69 Å². The highest BCUT2D eigenvalue weighted by atomic mass is 32.2. The lowest BCUT2D eigenvalue weighted by Gasteiger charge is -2.10. The van der Waals surface area contributed by atoms with E-state index in [4.69, 9.17) is 10.5 Å². The van der Waals surface area contributed by atoms with E-state index in [-0.39, 0.29) is 4.90 Å². The topological polar surface area (TPSA) is 81.4 Å². The van der Waals surface area contributed by atoms with E-state index < -0.39 is 10.0 Å². The largest absolute Gasteiger partial charge is 0.491 e. The fraction of sp³-hybridized carbons (Fsp3) is 0.231. The van der Waals surface area contributed by atoms with Gasteiger partial charge < -0.3 is 10.5 Å². The van der Waals surface area contributed by atoms with Gasteiger partial charge in [0, 0.05) is 11.3 Å². The molecule has 0 atom stereocenters. The van der Waals surface area contributed by atoms with E-state index in [2.05, 4.69) is 4.72 Å². The summed E-state index contributed by atoms with van der Waals surface area (Å²) in [6.07, 6.45) is 0.799. The van der Waals surface area contributed by atoms with Crippen LogP contribution in [0.1, 0.15) is 4.88 Å². The van der Waals surface area contributed by atoms with Crippen molar-refractivity contribution in [2.75, 3.05) is 19.4 Å². The predicted molar refractivity (Wildman–Crippen MR) is 80.6 cm³/mol. The van der Waals surface area contributed by atoms with Gasteiger partial charge in [0.25, 0.3) is 0 Å². The highest BCUT2D eigenvalue weighted by Crippen LogP contribution is 2.25. The number of nitrogens with two attached hydrogens (primary N) is 1. The number of nitrogen functional groups attached to an aromatic ring is 1. The number of anilines is 1. The molecule has 0 aliphatic heterocycles. The molecule has 7 heteroatoms. The fourth-order valence-electron chi connectivity index (χ4n) is 1.66. The summed E-state index contributed by atoms with van der Waals surface area (Å²) in [7, 11) is -2.12. The van der Waals surface area contributed by atoms with Gasteiger partial charge in [-0.05, 0) is 36.7 Å². The zero-order valence-electron chi connectivity index (χ0n) is 11.0. The van der Waals surface area contributed by atoms with Gasteiger partial charge in [0.1, 0.15) is 5.75 Å². The minimum absolute atomic E-state index is 0.128. The Kier molecular flexibility index (Phi) is 4.64. The first-order chi connectivity index (χ1) is 9.53. The van der Waals surface area contributed by atoms with Gasteiger partial charge in [0.2, 0.25) is 10.0 Å². The van der Waals surface area contributed by atoms with Crippen LogP contribution in [0.25, 0.3) is 0 Å². The predicted octanol–water partition coefficient (Wildman–Crippen LogP) is 1.86. The van der Waals surface area contributed by atoms with Crippen molar-refractivity contribution in [1.29, 1.82) is 0 Å². The minimum Gasteiger partial charge on any atom is -0.491 e. The Morgan fingerprint density at radius 2 is 2.15 bits per heavy atom. The summed E-state index contributed by atoms with van der Waals surface area (Å²) in [5.41, 5.74) is 6.13. The lowest BCUT2D eigenvalue weighted by atomic mass is 10.3. The maximum Gasteiger partial charge on any atom is 0.240 e. The van der Waals surface area contributed by atoms with Crippen molar-refractivity contribution in [1.82, 2.24) is 4.72 Å². The first-order valence-corrected chi connectivity index (χ1v) is 8.37. The smallest absolute Gasteiger partial charge is 0.240 e. The third-order valence-corrected chi connectivity index (χ3v) is 5.09. The van der Waals surface area contributed by atoms with Gasteiger partial charge in [-0.3, -0.25) is 0 Å². The monoisotopic (exact) mass is 312 g/mol. The molecule has 0 saturated carbocycles. The number of benzene rings is 1. The van der Waals surface area contributed by atoms with Crippen LogP contribution >= 0.6 is 11.3 Å². The van der Waals surface area contributed by atoms with Crippen molar-refractivity contribution in [3.63, 3.8) is 0 Å². The summed E-state index contributed by atoms with van der Waals surface area (Å²) >= 11 is 1.67. The lowest BCUT2D eigenvalue weighted by Crippen LogP contribution is -2.18. The second kappa shape index (κ2) is 6.25. The molecule has 0 saturated heterocycles. The zero-order chi connectivity index (χ0) is 14.6. The Labute approximate surface area is 122 Å². The Bertz CT molecular complexity index is 667. The van der Waals surface area contributed by atoms with Crippen LogP contribution < -0.4 is 15.2 Å². The Morgan fingerprint density at radius 3 is 2.75 bits per heavy atom. The fourth-order valence-corrected chi connectivity index (χ4v) is 3.11. The number of rotatable bonds is 6. The van der Waals surface area contributed by atoms with Crippen LogP contribution in [-0.4, -0.2) is 22.1 Å². The average molecular weight is 312 g/mol. The molecular formula is C13H16N2O3S2. The van der Waals surface area contributed by atoms with E-state index in [9.17, 15) is 8.42 Å². The molecule has 20 heavy (non-hydrogen) atoms. The zero-order valence-corrected chi connectivity index (χ0v) is 12.6. The molecule has 1 heterocycles. The van der Waals surface area contributed by atoms with E-state index in [0.717, 1.165) is 6.42 Å². The summed E-state index contributed by atoms with van der Waals surface area (Å²) in [4.78, 5) is 1.36. The number of hydrogen-bond donors (Lipinski definition) is 2. The van der Waals surface area contributed by atoms with Gasteiger partial charge in [-0.1, -0.05) is 6.07 Å². The molecule has 5 nitrogen and oxygen atoms in total. The molecule has 0 fully saturated rings. The van der Waals surface area contributed by atoms with Gasteiger partial charge in [-0.2, -0.15) is 0 Å². The molecule has 108 valence electrons. The summed E-state index contributed by atoms with van der Waals surface area (Å²) < 4.78 is 31.1. The van der Waals surface area contributed by atoms with Gasteiger partial charge in [-0.25, -0.2) is 13.1 Å². The number of hydrogen-bond acceptors (Lipinski definition) is 5. The van der Waals surface area contributed by atoms with Crippen molar-refractivity contribution in [3.8, 4) is 5.75 Å². The molecule has 0 spiro atoms. The standard InChI is InChI=1S/C13H16N2O3S2/c1-15-20(16,17)11-4-5-13(12(14)9-11)18-7-6-10-3-2-8-19-10/h2-5,8-9,15H,6-7,14H2,1H3. The molecule has 3 N–H and O–H groups in total. The summed E-state index contributed by atoms with van der Waals surface area (Å²) in [6, 6.07) is 8.48. The lowest BCUT2D eigenvalue weighted by molar-refractivity contribution is 0.324. The third kappa shape index (κ3) is 3.50. The maximum absolute atomic E-state index is 11.6. The highest BCUT2D eigenvalue weighted by Gasteiger charge is 2.13. The van der Waals surface area contributed by atoms with Crippen LogP contribution in [0.2, 0.25) is 0 Å². The van der Waals surface area contributed by atoms with Crippen LogP contribution in [0.15, 0.2) is 40.6 Å². The Hall–Kier alpha value is -1.57. The summed E-state index contributed by atoms with van der Waals surface area (Å²) in [6.45, 7) is 0.503. The number of ether oxygens (including phenoxy) is 1. The van der Waals surface area contributed by atoms with Gasteiger partial charge >= 0.3 is 0 Å². The maximum atomic E-state index is 11.6. The molecule has 0 radical (unpaired) electrons. The second-order valence-corrected chi connectivity index (χ2v) is 7.00. The Morgan fingerprint density at radius 1 is 1.35 bits per heavy atom. The molecule has 0 amide bonds. The number of nitrogens with one attached hydrogen (secondary N) is 1. The summed E-state index contributed by atoms with van der Waals surface area (Å²) in [5.74, 6) is 0.497. The van der Waals surface area contributed by atoms with Crippen LogP contribution in [-0.2, 0) is 16.4 Å². The normalized spacial score (nSPS) is 11.4. The van der Waals surface area contributed by atoms with Crippen molar-refractivity contribution in [2.24, 2.45) is 0 Å². The van der Waals surface area contributed by atoms with Gasteiger partial charge in [-0.15, -0.1) is 11.3 Å². The molecule has 0 aliphatic carbocycles. The van der Waals surface area contributed by atoms with Crippen molar-refractivity contribution in [2.45, 2.75) is 11.3 Å². The number of sulfonamides is 1. The van der Waals surface area contributed by atoms with E-state index >= 15 is 0 Å². The Balaban J connectivity index is 2.03. The quantitative estimate of drug-likeness (QED) is 0.798.